The summed E-state index contributed by atoms with van der Waals surface area (Å²) in [6.07, 6.45) is 9.25. The summed E-state index contributed by atoms with van der Waals surface area (Å²) in [6, 6.07) is 0.195. The van der Waals surface area contributed by atoms with E-state index in [-0.39, 0.29) is 18.0 Å². The molecule has 1 aromatic heterocycles. The normalized spacial score (nSPS) is 30.6. The molecule has 4 aliphatic carbocycles. The Labute approximate surface area is 195 Å². The largest absolute Gasteiger partial charge is 0.453 e. The molecule has 0 aromatic carbocycles. The van der Waals surface area contributed by atoms with Crippen molar-refractivity contribution < 1.29 is 19.4 Å². The van der Waals surface area contributed by atoms with Crippen molar-refractivity contribution in [2.75, 3.05) is 12.4 Å². The topological polar surface area (TPSA) is 118 Å². The van der Waals surface area contributed by atoms with Crippen molar-refractivity contribution in [2.45, 2.75) is 83.0 Å². The molecule has 33 heavy (non-hydrogen) atoms. The summed E-state index contributed by atoms with van der Waals surface area (Å²) < 4.78 is 6.30. The van der Waals surface area contributed by atoms with Gasteiger partial charge in [0.2, 0.25) is 0 Å². The van der Waals surface area contributed by atoms with Crippen LogP contribution in [-0.2, 0) is 4.74 Å². The van der Waals surface area contributed by atoms with Gasteiger partial charge < -0.3 is 25.8 Å². The lowest BCUT2D eigenvalue weighted by atomic mass is 9.52. The Kier molecular flexibility index (Phi) is 6.20. The van der Waals surface area contributed by atoms with Crippen LogP contribution < -0.4 is 16.0 Å². The smallest absolute Gasteiger partial charge is 0.407 e. The van der Waals surface area contributed by atoms with Crippen LogP contribution in [0.1, 0.15) is 70.2 Å². The Morgan fingerprint density at radius 2 is 1.94 bits per heavy atom. The van der Waals surface area contributed by atoms with Crippen LogP contribution in [0.3, 0.4) is 0 Å². The first-order valence-corrected chi connectivity index (χ1v) is 11.9. The van der Waals surface area contributed by atoms with Crippen molar-refractivity contribution in [3.8, 4) is 0 Å². The fraction of sp³-hybridized carbons (Fsp3) is 0.708. The van der Waals surface area contributed by atoms with E-state index in [1.54, 1.807) is 23.2 Å². The van der Waals surface area contributed by atoms with E-state index < -0.39 is 17.2 Å². The molecule has 182 valence electrons. The number of carbonyl (C=O) groups excluding carboxylic acids is 2. The average molecular weight is 460 g/mol. The van der Waals surface area contributed by atoms with Crippen LogP contribution in [0.2, 0.25) is 0 Å². The Balaban J connectivity index is 1.52. The Hall–Kier alpha value is -2.55. The first-order valence-electron chi connectivity index (χ1n) is 11.9. The molecule has 2 unspecified atom stereocenters. The minimum Gasteiger partial charge on any atom is -0.453 e. The molecule has 2 atom stereocenters. The van der Waals surface area contributed by atoms with Gasteiger partial charge in [-0.3, -0.25) is 4.79 Å². The molecular weight excluding hydrogens is 422 g/mol. The third-order valence-corrected chi connectivity index (χ3v) is 7.25. The zero-order chi connectivity index (χ0) is 24.0. The molecular formula is C24H37N5O4. The summed E-state index contributed by atoms with van der Waals surface area (Å²) in [5, 5.41) is 24.6. The molecule has 2 amide bonds. The molecule has 4 bridgehead atoms. The Morgan fingerprint density at radius 3 is 2.52 bits per heavy atom. The third-order valence-electron chi connectivity index (χ3n) is 7.25. The number of hydrogen-bond donors (Lipinski definition) is 4. The second kappa shape index (κ2) is 8.66. The number of alkyl carbamates (subject to hydrolysis) is 1. The number of carbonyl (C=O) groups is 2. The molecule has 9 heteroatoms. The number of nitrogens with one attached hydrogen (secondary N) is 3. The van der Waals surface area contributed by atoms with Gasteiger partial charge in [-0.05, 0) is 83.6 Å². The maximum Gasteiger partial charge on any atom is 0.407 e. The number of aromatic nitrogens is 2. The fourth-order valence-electron chi connectivity index (χ4n) is 6.12. The minimum absolute atomic E-state index is 0.0945. The number of aliphatic hydroxyl groups is 1. The van der Waals surface area contributed by atoms with Crippen LogP contribution in [0.5, 0.6) is 0 Å². The molecule has 0 aliphatic heterocycles. The highest BCUT2D eigenvalue weighted by Gasteiger charge is 2.55. The van der Waals surface area contributed by atoms with Crippen molar-refractivity contribution in [1.82, 2.24) is 20.4 Å². The van der Waals surface area contributed by atoms with E-state index in [1.165, 1.54) is 7.11 Å². The van der Waals surface area contributed by atoms with E-state index in [2.05, 4.69) is 25.8 Å². The highest BCUT2D eigenvalue weighted by molar-refractivity contribution is 5.99. The quantitative estimate of drug-likeness (QED) is 0.498. The first-order chi connectivity index (χ1) is 15.5. The van der Waals surface area contributed by atoms with Crippen LogP contribution in [0.4, 0.5) is 10.6 Å². The molecule has 1 heterocycles. The van der Waals surface area contributed by atoms with Gasteiger partial charge in [-0.25, -0.2) is 9.48 Å². The van der Waals surface area contributed by atoms with Gasteiger partial charge in [-0.2, -0.15) is 5.10 Å². The zero-order valence-electron chi connectivity index (χ0n) is 20.2. The van der Waals surface area contributed by atoms with Gasteiger partial charge in [0.15, 0.2) is 0 Å². The lowest BCUT2D eigenvalue weighted by Crippen LogP contribution is -2.61. The highest BCUT2D eigenvalue weighted by atomic mass is 16.5. The Bertz CT molecular complexity index is 921. The van der Waals surface area contributed by atoms with Gasteiger partial charge in [0, 0.05) is 18.3 Å². The number of anilines is 1. The minimum atomic E-state index is -0.669. The van der Waals surface area contributed by atoms with Crippen molar-refractivity contribution in [2.24, 2.45) is 17.8 Å². The van der Waals surface area contributed by atoms with E-state index in [9.17, 15) is 14.7 Å². The van der Waals surface area contributed by atoms with Gasteiger partial charge in [0.25, 0.3) is 5.91 Å². The zero-order valence-corrected chi connectivity index (χ0v) is 20.2. The Morgan fingerprint density at radius 1 is 1.27 bits per heavy atom. The molecule has 4 fully saturated rings. The molecule has 5 rings (SSSR count). The van der Waals surface area contributed by atoms with Crippen LogP contribution in [0.25, 0.3) is 6.20 Å². The standard InChI is InChI=1S/C24H37N5O4/c1-14(2)26-20-18(13-25-29(20)7-6-23(3,4)28-22(31)33-5)21(30)27-19-16-8-15-9-17(19)12-24(32,10-15)11-16/h6-7,13-17,19,26,32H,8-12H2,1-5H3,(H,27,30)(H,28,31)/b7-6+. The molecule has 0 radical (unpaired) electrons. The van der Waals surface area contributed by atoms with E-state index >= 15 is 0 Å². The van der Waals surface area contributed by atoms with E-state index in [0.717, 1.165) is 32.1 Å². The summed E-state index contributed by atoms with van der Waals surface area (Å²) >= 11 is 0. The second-order valence-corrected chi connectivity index (χ2v) is 11.0. The number of methoxy groups -OCH3 is 1. The SMILES string of the molecule is COC(=O)NC(C)(C)/C=C/n1ncc(C(=O)NC2C3CC4CC2CC(O)(C4)C3)c1NC(C)C. The van der Waals surface area contributed by atoms with Crippen LogP contribution in [-0.4, -0.2) is 57.2 Å². The second-order valence-electron chi connectivity index (χ2n) is 11.0. The van der Waals surface area contributed by atoms with Gasteiger partial charge >= 0.3 is 6.09 Å². The molecule has 4 N–H and O–H groups in total. The van der Waals surface area contributed by atoms with E-state index in [1.807, 2.05) is 27.7 Å². The van der Waals surface area contributed by atoms with Crippen molar-refractivity contribution in [3.63, 3.8) is 0 Å². The molecule has 0 saturated heterocycles. The summed E-state index contributed by atoms with van der Waals surface area (Å²) in [7, 11) is 1.32. The lowest BCUT2D eigenvalue weighted by Gasteiger charge is -2.58. The maximum atomic E-state index is 13.4. The van der Waals surface area contributed by atoms with Crippen LogP contribution >= 0.6 is 0 Å². The highest BCUT2D eigenvalue weighted by Crippen LogP contribution is 2.55. The van der Waals surface area contributed by atoms with E-state index in [4.69, 9.17) is 0 Å². The lowest BCUT2D eigenvalue weighted by molar-refractivity contribution is -0.136. The molecule has 9 nitrogen and oxygen atoms in total. The van der Waals surface area contributed by atoms with E-state index in [0.29, 0.717) is 29.1 Å². The number of rotatable bonds is 7. The van der Waals surface area contributed by atoms with Gasteiger partial charge in [0.1, 0.15) is 11.4 Å². The average Bonchev–Trinajstić information content (AvgIpc) is 3.09. The van der Waals surface area contributed by atoms with Gasteiger partial charge in [-0.15, -0.1) is 0 Å². The third kappa shape index (κ3) is 5.03. The number of hydrogen-bond acceptors (Lipinski definition) is 6. The summed E-state index contributed by atoms with van der Waals surface area (Å²) in [4.78, 5) is 24.9. The van der Waals surface area contributed by atoms with Crippen LogP contribution in [0, 0.1) is 17.8 Å². The predicted molar refractivity (Wildman–Crippen MR) is 126 cm³/mol. The molecule has 0 spiro atoms. The van der Waals surface area contributed by atoms with Gasteiger partial charge in [-0.1, -0.05) is 0 Å². The fourth-order valence-corrected chi connectivity index (χ4v) is 6.12. The van der Waals surface area contributed by atoms with Crippen LogP contribution in [0.15, 0.2) is 12.3 Å². The van der Waals surface area contributed by atoms with Crippen molar-refractivity contribution >= 4 is 24.0 Å². The summed E-state index contributed by atoms with van der Waals surface area (Å²) in [6.45, 7) is 7.69. The molecule has 4 saturated carbocycles. The first kappa shape index (κ1) is 23.6. The number of amides is 2. The van der Waals surface area contributed by atoms with Gasteiger partial charge in [0.05, 0.1) is 24.4 Å². The predicted octanol–water partition coefficient (Wildman–Crippen LogP) is 2.98. The van der Waals surface area contributed by atoms with Crippen molar-refractivity contribution in [3.05, 3.63) is 17.8 Å². The number of nitrogens with zero attached hydrogens (tertiary/aromatic N) is 2. The van der Waals surface area contributed by atoms with Crippen molar-refractivity contribution in [1.29, 1.82) is 0 Å². The molecule has 1 aromatic rings. The number of ether oxygens (including phenoxy) is 1. The monoisotopic (exact) mass is 459 g/mol. The summed E-state index contributed by atoms with van der Waals surface area (Å²) in [5.74, 6) is 1.73. The molecule has 4 aliphatic rings. The maximum absolute atomic E-state index is 13.4. The summed E-state index contributed by atoms with van der Waals surface area (Å²) in [5.41, 5.74) is -0.709.